The van der Waals surface area contributed by atoms with E-state index in [-0.39, 0.29) is 5.54 Å². The Morgan fingerprint density at radius 2 is 1.43 bits per heavy atom. The third kappa shape index (κ3) is 5.90. The average Bonchev–Trinajstić information content (AvgIpc) is 2.46. The highest BCUT2D eigenvalue weighted by Crippen LogP contribution is 2.30. The van der Waals surface area contributed by atoms with E-state index in [9.17, 15) is 0 Å². The van der Waals surface area contributed by atoms with Crippen LogP contribution in [0, 0.1) is 0 Å². The van der Waals surface area contributed by atoms with Crippen molar-refractivity contribution in [2.45, 2.75) is 103 Å². The van der Waals surface area contributed by atoms with E-state index in [1.54, 1.807) is 0 Å². The Hall–Kier alpha value is -0.0800. The number of hydrogen-bond acceptors (Lipinski definition) is 2. The first-order valence-corrected chi connectivity index (χ1v) is 9.50. The Labute approximate surface area is 134 Å². The van der Waals surface area contributed by atoms with Crippen LogP contribution in [0.15, 0.2) is 0 Å². The number of unbranched alkanes of at least 4 members (excludes halogenated alkanes) is 6. The number of piperazine rings is 1. The normalized spacial score (nSPS) is 21.6. The molecular weight excluding hydrogens is 256 g/mol. The van der Waals surface area contributed by atoms with Gasteiger partial charge in [0.2, 0.25) is 0 Å². The minimum Gasteiger partial charge on any atom is -0.309 e. The second kappa shape index (κ2) is 9.15. The minimum absolute atomic E-state index is 0.273. The molecule has 1 rings (SSSR count). The van der Waals surface area contributed by atoms with Gasteiger partial charge >= 0.3 is 0 Å². The predicted octanol–water partition coefficient (Wildman–Crippen LogP) is 4.98. The molecule has 0 spiro atoms. The zero-order chi connectivity index (χ0) is 15.8. The fraction of sp³-hybridized carbons (Fsp3) is 1.00. The Balaban J connectivity index is 2.37. The number of hydrogen-bond donors (Lipinski definition) is 1. The Kier molecular flexibility index (Phi) is 8.26. The summed E-state index contributed by atoms with van der Waals surface area (Å²) in [6.07, 6.45) is 12.4. The Morgan fingerprint density at radius 1 is 0.857 bits per heavy atom. The number of nitrogens with one attached hydrogen (secondary N) is 1. The molecule has 0 aromatic rings. The molecule has 0 amide bonds. The first kappa shape index (κ1) is 19.0. The Morgan fingerprint density at radius 3 is 2.00 bits per heavy atom. The van der Waals surface area contributed by atoms with Crippen LogP contribution in [0.2, 0.25) is 0 Å². The highest BCUT2D eigenvalue weighted by atomic mass is 15.3. The maximum atomic E-state index is 3.76. The summed E-state index contributed by atoms with van der Waals surface area (Å²) >= 11 is 0. The highest BCUT2D eigenvalue weighted by molar-refractivity contribution is 5.00. The van der Waals surface area contributed by atoms with Crippen molar-refractivity contribution in [3.8, 4) is 0 Å². The van der Waals surface area contributed by atoms with Crippen LogP contribution >= 0.6 is 0 Å². The molecule has 0 aromatic carbocycles. The van der Waals surface area contributed by atoms with Gasteiger partial charge in [-0.3, -0.25) is 4.90 Å². The summed E-state index contributed by atoms with van der Waals surface area (Å²) in [5.41, 5.74) is 0.673. The lowest BCUT2D eigenvalue weighted by molar-refractivity contribution is 0.00777. The molecule has 1 fully saturated rings. The summed E-state index contributed by atoms with van der Waals surface area (Å²) in [6, 6.07) is 0. The van der Waals surface area contributed by atoms with Gasteiger partial charge in [0.25, 0.3) is 0 Å². The summed E-state index contributed by atoms with van der Waals surface area (Å²) in [7, 11) is 0. The van der Waals surface area contributed by atoms with Gasteiger partial charge in [-0.25, -0.2) is 0 Å². The van der Waals surface area contributed by atoms with Crippen molar-refractivity contribution in [2.75, 3.05) is 19.6 Å². The molecule has 0 unspecified atom stereocenters. The minimum atomic E-state index is 0.273. The zero-order valence-corrected chi connectivity index (χ0v) is 15.4. The smallest absolute Gasteiger partial charge is 0.0329 e. The van der Waals surface area contributed by atoms with Crippen LogP contribution in [0.5, 0.6) is 0 Å². The van der Waals surface area contributed by atoms with Crippen molar-refractivity contribution in [3.63, 3.8) is 0 Å². The second-order valence-electron chi connectivity index (χ2n) is 7.71. The second-order valence-corrected chi connectivity index (χ2v) is 7.71. The SMILES string of the molecule is CCCCCCCCCN1CC(C)(C)NCC1(CC)CC. The fourth-order valence-corrected chi connectivity index (χ4v) is 3.74. The van der Waals surface area contributed by atoms with Crippen molar-refractivity contribution < 1.29 is 0 Å². The summed E-state index contributed by atoms with van der Waals surface area (Å²) in [4.78, 5) is 2.80. The lowest BCUT2D eigenvalue weighted by Crippen LogP contribution is -2.68. The fourth-order valence-electron chi connectivity index (χ4n) is 3.74. The third-order valence-corrected chi connectivity index (χ3v) is 5.50. The monoisotopic (exact) mass is 296 g/mol. The molecule has 2 nitrogen and oxygen atoms in total. The molecule has 1 aliphatic rings. The van der Waals surface area contributed by atoms with Gasteiger partial charge in [-0.15, -0.1) is 0 Å². The van der Waals surface area contributed by atoms with E-state index in [2.05, 4.69) is 44.8 Å². The lowest BCUT2D eigenvalue weighted by atomic mass is 9.84. The quantitative estimate of drug-likeness (QED) is 0.572. The van der Waals surface area contributed by atoms with Gasteiger partial charge < -0.3 is 5.32 Å². The maximum absolute atomic E-state index is 3.76. The summed E-state index contributed by atoms with van der Waals surface area (Å²) < 4.78 is 0. The molecular formula is C19H40N2. The van der Waals surface area contributed by atoms with Crippen LogP contribution in [0.1, 0.15) is 92.4 Å². The molecule has 1 N–H and O–H groups in total. The van der Waals surface area contributed by atoms with Gasteiger partial charge in [0.15, 0.2) is 0 Å². The zero-order valence-electron chi connectivity index (χ0n) is 15.4. The molecule has 1 saturated heterocycles. The summed E-state index contributed by atoms with van der Waals surface area (Å²) in [6.45, 7) is 15.4. The largest absolute Gasteiger partial charge is 0.309 e. The Bertz CT molecular complexity index is 269. The highest BCUT2D eigenvalue weighted by Gasteiger charge is 2.41. The number of nitrogens with zero attached hydrogens (tertiary/aromatic N) is 1. The molecule has 21 heavy (non-hydrogen) atoms. The molecule has 0 aliphatic carbocycles. The molecule has 126 valence electrons. The molecule has 0 atom stereocenters. The summed E-state index contributed by atoms with van der Waals surface area (Å²) in [5, 5.41) is 3.76. The molecule has 2 heteroatoms. The maximum Gasteiger partial charge on any atom is 0.0329 e. The van der Waals surface area contributed by atoms with Crippen molar-refractivity contribution in [1.29, 1.82) is 0 Å². The van der Waals surface area contributed by atoms with E-state index >= 15 is 0 Å². The van der Waals surface area contributed by atoms with Gasteiger partial charge in [0, 0.05) is 24.2 Å². The van der Waals surface area contributed by atoms with Crippen LogP contribution in [-0.4, -0.2) is 35.6 Å². The van der Waals surface area contributed by atoms with Crippen molar-refractivity contribution in [3.05, 3.63) is 0 Å². The van der Waals surface area contributed by atoms with Crippen LogP contribution < -0.4 is 5.32 Å². The van der Waals surface area contributed by atoms with Crippen LogP contribution in [-0.2, 0) is 0 Å². The number of rotatable bonds is 10. The van der Waals surface area contributed by atoms with E-state index in [1.165, 1.54) is 70.9 Å². The predicted molar refractivity (Wildman–Crippen MR) is 95.0 cm³/mol. The summed E-state index contributed by atoms with van der Waals surface area (Å²) in [5.74, 6) is 0. The van der Waals surface area contributed by atoms with Gasteiger partial charge in [-0.2, -0.15) is 0 Å². The molecule has 0 radical (unpaired) electrons. The van der Waals surface area contributed by atoms with Gasteiger partial charge in [0.1, 0.15) is 0 Å². The average molecular weight is 297 g/mol. The first-order valence-electron chi connectivity index (χ1n) is 9.50. The van der Waals surface area contributed by atoms with E-state index in [1.807, 2.05) is 0 Å². The van der Waals surface area contributed by atoms with E-state index in [4.69, 9.17) is 0 Å². The van der Waals surface area contributed by atoms with Crippen LogP contribution in [0.4, 0.5) is 0 Å². The standard InChI is InChI=1S/C19H40N2/c1-6-9-10-11-12-13-14-15-21-17-18(4,5)20-16-19(21,7-2)8-3/h20H,6-17H2,1-5H3. The van der Waals surface area contributed by atoms with Crippen LogP contribution in [0.25, 0.3) is 0 Å². The van der Waals surface area contributed by atoms with Crippen LogP contribution in [0.3, 0.4) is 0 Å². The van der Waals surface area contributed by atoms with Crippen molar-refractivity contribution in [2.24, 2.45) is 0 Å². The molecule has 0 aromatic heterocycles. The van der Waals surface area contributed by atoms with E-state index in [0.717, 1.165) is 6.54 Å². The van der Waals surface area contributed by atoms with E-state index < -0.39 is 0 Å². The topological polar surface area (TPSA) is 15.3 Å². The lowest BCUT2D eigenvalue weighted by Gasteiger charge is -2.52. The van der Waals surface area contributed by atoms with Gasteiger partial charge in [0.05, 0.1) is 0 Å². The van der Waals surface area contributed by atoms with Crippen molar-refractivity contribution >= 4 is 0 Å². The van der Waals surface area contributed by atoms with Gasteiger partial charge in [-0.1, -0.05) is 59.3 Å². The van der Waals surface area contributed by atoms with E-state index in [0.29, 0.717) is 5.54 Å². The van der Waals surface area contributed by atoms with Gasteiger partial charge in [-0.05, 0) is 39.7 Å². The van der Waals surface area contributed by atoms with Crippen molar-refractivity contribution in [1.82, 2.24) is 10.2 Å². The first-order chi connectivity index (χ1) is 9.99. The molecule has 0 bridgehead atoms. The third-order valence-electron chi connectivity index (χ3n) is 5.50. The molecule has 0 saturated carbocycles. The molecule has 1 heterocycles. The molecule has 1 aliphatic heterocycles.